The summed E-state index contributed by atoms with van der Waals surface area (Å²) >= 11 is 0. The molecule has 2 aliphatic rings. The fraction of sp³-hybridized carbons (Fsp3) is 0.423. The minimum atomic E-state index is -0.734. The number of anilines is 1. The zero-order chi connectivity index (χ0) is 25.9. The molecule has 1 aromatic carbocycles. The van der Waals surface area contributed by atoms with Crippen molar-refractivity contribution in [3.05, 3.63) is 65.7 Å². The zero-order valence-corrected chi connectivity index (χ0v) is 20.6. The van der Waals surface area contributed by atoms with E-state index in [1.807, 2.05) is 6.07 Å². The lowest BCUT2D eigenvalue weighted by molar-refractivity contribution is -0.123. The standard InChI is InChI=1S/C26H29FN6O4/c1-15(20-12-19(27)13-28-25(20)36-2)33-14-21(30-32-33)29-24(34)23(22(16-8-9-16)17-10-11-17)31-37-26(35)18-6-4-3-5-7-18/h3-7,12-17,22-23,31H,8-11H2,1-2H3,(H,29,34)/t15?,23-/m0/s1. The molecule has 2 heterocycles. The first kappa shape index (κ1) is 24.8. The highest BCUT2D eigenvalue weighted by molar-refractivity contribution is 5.94. The van der Waals surface area contributed by atoms with Gasteiger partial charge in [0.2, 0.25) is 11.8 Å². The molecule has 0 saturated heterocycles. The van der Waals surface area contributed by atoms with E-state index in [0.29, 0.717) is 23.0 Å². The number of nitrogens with zero attached hydrogens (tertiary/aromatic N) is 4. The molecule has 0 bridgehead atoms. The Bertz CT molecular complexity index is 1250. The van der Waals surface area contributed by atoms with E-state index in [0.717, 1.165) is 31.9 Å². The van der Waals surface area contributed by atoms with E-state index >= 15 is 0 Å². The predicted molar refractivity (Wildman–Crippen MR) is 131 cm³/mol. The van der Waals surface area contributed by atoms with E-state index in [-0.39, 0.29) is 23.5 Å². The summed E-state index contributed by atoms with van der Waals surface area (Å²) in [6.07, 6.45) is 6.85. The van der Waals surface area contributed by atoms with Crippen LogP contribution in [0.3, 0.4) is 0 Å². The molecule has 0 radical (unpaired) electrons. The highest BCUT2D eigenvalue weighted by atomic mass is 19.1. The Labute approximate surface area is 213 Å². The van der Waals surface area contributed by atoms with E-state index in [2.05, 4.69) is 26.1 Å². The van der Waals surface area contributed by atoms with Crippen LogP contribution in [-0.2, 0) is 9.63 Å². The quantitative estimate of drug-likeness (QED) is 0.378. The zero-order valence-electron chi connectivity index (χ0n) is 20.6. The summed E-state index contributed by atoms with van der Waals surface area (Å²) in [5.74, 6) is -0.0234. The number of nitrogens with one attached hydrogen (secondary N) is 2. The average Bonchev–Trinajstić information content (AvgIpc) is 3.86. The van der Waals surface area contributed by atoms with Crippen LogP contribution in [0.5, 0.6) is 5.88 Å². The average molecular weight is 509 g/mol. The number of carbonyl (C=O) groups excluding carboxylic acids is 2. The van der Waals surface area contributed by atoms with Gasteiger partial charge in [-0.05, 0) is 68.6 Å². The molecule has 0 spiro atoms. The normalized spacial score (nSPS) is 16.8. The molecule has 0 aliphatic heterocycles. The number of benzene rings is 1. The Morgan fingerprint density at radius 1 is 1.14 bits per heavy atom. The van der Waals surface area contributed by atoms with Gasteiger partial charge in [0.15, 0.2) is 5.82 Å². The lowest BCUT2D eigenvalue weighted by atomic mass is 9.89. The van der Waals surface area contributed by atoms with E-state index in [1.165, 1.54) is 17.9 Å². The number of hydroxylamine groups is 1. The molecule has 37 heavy (non-hydrogen) atoms. The number of pyridine rings is 1. The smallest absolute Gasteiger partial charge is 0.356 e. The predicted octanol–water partition coefficient (Wildman–Crippen LogP) is 3.54. The van der Waals surface area contributed by atoms with E-state index in [1.54, 1.807) is 37.4 Å². The third-order valence-corrected chi connectivity index (χ3v) is 6.94. The van der Waals surface area contributed by atoms with Crippen LogP contribution < -0.4 is 15.5 Å². The number of aromatic nitrogens is 4. The number of methoxy groups -OCH3 is 1. The third kappa shape index (κ3) is 5.77. The van der Waals surface area contributed by atoms with Crippen LogP contribution in [0.1, 0.15) is 54.6 Å². The number of carbonyl (C=O) groups is 2. The van der Waals surface area contributed by atoms with Gasteiger partial charge in [-0.15, -0.1) is 10.6 Å². The van der Waals surface area contributed by atoms with E-state index in [9.17, 15) is 14.0 Å². The van der Waals surface area contributed by atoms with Crippen LogP contribution in [-0.4, -0.2) is 45.0 Å². The van der Waals surface area contributed by atoms with Gasteiger partial charge in [0.1, 0.15) is 11.9 Å². The van der Waals surface area contributed by atoms with Crippen LogP contribution in [0, 0.1) is 23.6 Å². The topological polar surface area (TPSA) is 120 Å². The minimum Gasteiger partial charge on any atom is -0.481 e. The second-order valence-electron chi connectivity index (χ2n) is 9.60. The summed E-state index contributed by atoms with van der Waals surface area (Å²) in [5, 5.41) is 11.0. The van der Waals surface area contributed by atoms with Crippen LogP contribution in [0.2, 0.25) is 0 Å². The van der Waals surface area contributed by atoms with Crippen molar-refractivity contribution in [2.75, 3.05) is 12.4 Å². The minimum absolute atomic E-state index is 0.0557. The second kappa shape index (κ2) is 10.6. The van der Waals surface area contributed by atoms with Gasteiger partial charge in [0.25, 0.3) is 0 Å². The number of hydrogen-bond donors (Lipinski definition) is 2. The van der Waals surface area contributed by atoms with Crippen molar-refractivity contribution in [1.29, 1.82) is 0 Å². The molecule has 2 aliphatic carbocycles. The molecule has 2 aromatic heterocycles. The van der Waals surface area contributed by atoms with Crippen LogP contribution >= 0.6 is 0 Å². The number of rotatable bonds is 11. The van der Waals surface area contributed by atoms with Gasteiger partial charge in [0, 0.05) is 5.56 Å². The van der Waals surface area contributed by atoms with E-state index < -0.39 is 23.9 Å². The van der Waals surface area contributed by atoms with Crippen LogP contribution in [0.4, 0.5) is 10.2 Å². The highest BCUT2D eigenvalue weighted by Gasteiger charge is 2.48. The summed E-state index contributed by atoms with van der Waals surface area (Å²) in [7, 11) is 1.46. The molecular weight excluding hydrogens is 479 g/mol. The van der Waals surface area contributed by atoms with Gasteiger partial charge < -0.3 is 14.9 Å². The Kier molecular flexibility index (Phi) is 7.13. The highest BCUT2D eigenvalue weighted by Crippen LogP contribution is 2.50. The number of ether oxygens (including phenoxy) is 1. The molecule has 194 valence electrons. The summed E-state index contributed by atoms with van der Waals surface area (Å²) in [4.78, 5) is 35.3. The second-order valence-corrected chi connectivity index (χ2v) is 9.60. The molecule has 2 atom stereocenters. The first-order chi connectivity index (χ1) is 17.9. The van der Waals surface area contributed by atoms with Gasteiger partial charge in [-0.3, -0.25) is 4.79 Å². The van der Waals surface area contributed by atoms with E-state index in [4.69, 9.17) is 9.57 Å². The maximum absolute atomic E-state index is 13.8. The largest absolute Gasteiger partial charge is 0.481 e. The summed E-state index contributed by atoms with van der Waals surface area (Å²) in [6, 6.07) is 8.75. The first-order valence-electron chi connectivity index (χ1n) is 12.4. The third-order valence-electron chi connectivity index (χ3n) is 6.94. The van der Waals surface area contributed by atoms with Gasteiger partial charge >= 0.3 is 5.97 Å². The number of amides is 1. The van der Waals surface area contributed by atoms with Gasteiger partial charge in [-0.2, -0.15) is 0 Å². The SMILES string of the molecule is COc1ncc(F)cc1C(C)n1cc(NC(=O)[C@@H](NOC(=O)c2ccccc2)C(C2CC2)C2CC2)nn1. The molecule has 1 unspecified atom stereocenters. The molecule has 2 N–H and O–H groups in total. The summed E-state index contributed by atoms with van der Waals surface area (Å²) in [5.41, 5.74) is 3.65. The van der Waals surface area contributed by atoms with Gasteiger partial charge in [-0.1, -0.05) is 23.4 Å². The molecule has 10 nitrogen and oxygen atoms in total. The molecular formula is C26H29FN6O4. The Morgan fingerprint density at radius 2 is 1.84 bits per heavy atom. The van der Waals surface area contributed by atoms with Crippen LogP contribution in [0.15, 0.2) is 48.8 Å². The van der Waals surface area contributed by atoms with Crippen molar-refractivity contribution >= 4 is 17.7 Å². The van der Waals surface area contributed by atoms with Crippen molar-refractivity contribution in [1.82, 2.24) is 25.5 Å². The van der Waals surface area contributed by atoms with Gasteiger partial charge in [-0.25, -0.2) is 18.9 Å². The molecule has 2 fully saturated rings. The summed E-state index contributed by atoms with van der Waals surface area (Å²) in [6.45, 7) is 1.79. The number of hydrogen-bond acceptors (Lipinski definition) is 8. The van der Waals surface area contributed by atoms with Crippen molar-refractivity contribution in [3.8, 4) is 5.88 Å². The fourth-order valence-corrected chi connectivity index (χ4v) is 4.73. The monoisotopic (exact) mass is 508 g/mol. The Morgan fingerprint density at radius 3 is 2.49 bits per heavy atom. The lowest BCUT2D eigenvalue weighted by Gasteiger charge is -2.26. The van der Waals surface area contributed by atoms with Crippen molar-refractivity contribution < 1.29 is 23.6 Å². The maximum atomic E-state index is 13.8. The maximum Gasteiger partial charge on any atom is 0.356 e. The van der Waals surface area contributed by atoms with Crippen molar-refractivity contribution in [2.24, 2.45) is 17.8 Å². The molecule has 3 aromatic rings. The van der Waals surface area contributed by atoms with Crippen LogP contribution in [0.25, 0.3) is 0 Å². The Hall–Kier alpha value is -3.86. The van der Waals surface area contributed by atoms with Crippen molar-refractivity contribution in [3.63, 3.8) is 0 Å². The lowest BCUT2D eigenvalue weighted by Crippen LogP contribution is -2.48. The number of halogens is 1. The van der Waals surface area contributed by atoms with Gasteiger partial charge in [0.05, 0.1) is 31.1 Å². The molecule has 2 saturated carbocycles. The summed E-state index contributed by atoms with van der Waals surface area (Å²) < 4.78 is 20.6. The molecule has 5 rings (SSSR count). The fourth-order valence-electron chi connectivity index (χ4n) is 4.73. The Balaban J connectivity index is 1.30. The molecule has 11 heteroatoms. The molecule has 1 amide bonds. The first-order valence-corrected chi connectivity index (χ1v) is 12.4. The van der Waals surface area contributed by atoms with Crippen molar-refractivity contribution in [2.45, 2.75) is 44.7 Å².